The number of nitrogens with one attached hydrogen (secondary N) is 1. The molecule has 140 valence electrons. The molecule has 2 heterocycles. The number of methoxy groups -OCH3 is 1. The molecule has 0 unspecified atom stereocenters. The molecule has 0 aliphatic carbocycles. The molecule has 6 heteroatoms. The van der Waals surface area contributed by atoms with Gasteiger partial charge in [-0.15, -0.1) is 0 Å². The standard InChI is InChI=1S/C21H21FN2O3/c1-27-15-7-4-13(5-8-15)19-3-2-10-24(19)21(26)16-11-14-6-9-20(25)23-18(14)12-17(16)22/h4-5,7-8,11-12,19H,2-3,6,9-10H2,1H3,(H,23,25)/t19-/m0/s1. The molecule has 0 aromatic heterocycles. The first-order chi connectivity index (χ1) is 13.1. The molecule has 2 aromatic rings. The molecular weight excluding hydrogens is 347 g/mol. The number of fused-ring (bicyclic) bond motifs is 1. The summed E-state index contributed by atoms with van der Waals surface area (Å²) in [5.74, 6) is -0.260. The van der Waals surface area contributed by atoms with Gasteiger partial charge in [-0.3, -0.25) is 9.59 Å². The molecule has 1 fully saturated rings. The van der Waals surface area contributed by atoms with Crippen LogP contribution in [0.1, 0.15) is 46.8 Å². The predicted molar refractivity (Wildman–Crippen MR) is 99.4 cm³/mol. The van der Waals surface area contributed by atoms with Crippen LogP contribution in [0.25, 0.3) is 0 Å². The average molecular weight is 368 g/mol. The predicted octanol–water partition coefficient (Wildman–Crippen LogP) is 3.70. The Labute approximate surface area is 157 Å². The lowest BCUT2D eigenvalue weighted by atomic mass is 9.98. The van der Waals surface area contributed by atoms with Crippen LogP contribution in [-0.4, -0.2) is 30.4 Å². The SMILES string of the molecule is COc1ccc([C@@H]2CCCN2C(=O)c2cc3c(cc2F)NC(=O)CC3)cc1. The van der Waals surface area contributed by atoms with Gasteiger partial charge in [0.25, 0.3) is 5.91 Å². The van der Waals surface area contributed by atoms with Crippen molar-refractivity contribution in [3.8, 4) is 5.75 Å². The minimum absolute atomic E-state index is 0.0708. The largest absolute Gasteiger partial charge is 0.497 e. The van der Waals surface area contributed by atoms with Crippen LogP contribution in [0.5, 0.6) is 5.75 Å². The summed E-state index contributed by atoms with van der Waals surface area (Å²) in [4.78, 5) is 26.3. The number of aryl methyl sites for hydroxylation is 1. The molecule has 2 aliphatic heterocycles. The zero-order valence-electron chi connectivity index (χ0n) is 15.1. The molecule has 2 aliphatic rings. The first-order valence-electron chi connectivity index (χ1n) is 9.14. The second-order valence-electron chi connectivity index (χ2n) is 6.97. The molecule has 0 saturated carbocycles. The van der Waals surface area contributed by atoms with Crippen LogP contribution >= 0.6 is 0 Å². The minimum Gasteiger partial charge on any atom is -0.497 e. The Balaban J connectivity index is 1.62. The van der Waals surface area contributed by atoms with Crippen molar-refractivity contribution < 1.29 is 18.7 Å². The molecule has 2 amide bonds. The molecule has 1 atom stereocenters. The summed E-state index contributed by atoms with van der Waals surface area (Å²) >= 11 is 0. The molecule has 4 rings (SSSR count). The first-order valence-corrected chi connectivity index (χ1v) is 9.14. The van der Waals surface area contributed by atoms with Gasteiger partial charge in [-0.1, -0.05) is 12.1 Å². The van der Waals surface area contributed by atoms with E-state index in [9.17, 15) is 14.0 Å². The monoisotopic (exact) mass is 368 g/mol. The van der Waals surface area contributed by atoms with Gasteiger partial charge in [-0.05, 0) is 54.7 Å². The van der Waals surface area contributed by atoms with Gasteiger partial charge >= 0.3 is 0 Å². The van der Waals surface area contributed by atoms with Gasteiger partial charge in [0, 0.05) is 18.7 Å². The van der Waals surface area contributed by atoms with Crippen LogP contribution < -0.4 is 10.1 Å². The fourth-order valence-electron chi connectivity index (χ4n) is 3.90. The van der Waals surface area contributed by atoms with Crippen molar-refractivity contribution >= 4 is 17.5 Å². The Kier molecular flexibility index (Phi) is 4.56. The number of benzene rings is 2. The van der Waals surface area contributed by atoms with E-state index >= 15 is 0 Å². The van der Waals surface area contributed by atoms with Crippen molar-refractivity contribution in [2.24, 2.45) is 0 Å². The third-order valence-electron chi connectivity index (χ3n) is 5.33. The molecule has 27 heavy (non-hydrogen) atoms. The smallest absolute Gasteiger partial charge is 0.257 e. The Hall–Kier alpha value is -2.89. The topological polar surface area (TPSA) is 58.6 Å². The van der Waals surface area contributed by atoms with Crippen LogP contribution in [0.2, 0.25) is 0 Å². The van der Waals surface area contributed by atoms with E-state index in [0.29, 0.717) is 25.1 Å². The summed E-state index contributed by atoms with van der Waals surface area (Å²) in [6.45, 7) is 0.600. The summed E-state index contributed by atoms with van der Waals surface area (Å²) in [6, 6.07) is 10.4. The highest BCUT2D eigenvalue weighted by Crippen LogP contribution is 2.35. The Morgan fingerprint density at radius 3 is 2.74 bits per heavy atom. The van der Waals surface area contributed by atoms with E-state index in [0.717, 1.165) is 29.7 Å². The van der Waals surface area contributed by atoms with E-state index in [1.807, 2.05) is 24.3 Å². The van der Waals surface area contributed by atoms with Gasteiger partial charge in [0.05, 0.1) is 18.7 Å². The van der Waals surface area contributed by atoms with Crippen molar-refractivity contribution in [2.45, 2.75) is 31.7 Å². The van der Waals surface area contributed by atoms with Crippen LogP contribution in [0.4, 0.5) is 10.1 Å². The number of carbonyl (C=O) groups is 2. The van der Waals surface area contributed by atoms with E-state index in [2.05, 4.69) is 5.32 Å². The van der Waals surface area contributed by atoms with Crippen LogP contribution in [0, 0.1) is 5.82 Å². The van der Waals surface area contributed by atoms with Crippen molar-refractivity contribution in [1.29, 1.82) is 0 Å². The molecule has 1 N–H and O–H groups in total. The third kappa shape index (κ3) is 3.27. The van der Waals surface area contributed by atoms with Gasteiger partial charge in [0.15, 0.2) is 0 Å². The Morgan fingerprint density at radius 1 is 1.22 bits per heavy atom. The van der Waals surface area contributed by atoms with Crippen LogP contribution in [0.3, 0.4) is 0 Å². The number of ether oxygens (including phenoxy) is 1. The van der Waals surface area contributed by atoms with Crippen LogP contribution in [-0.2, 0) is 11.2 Å². The zero-order chi connectivity index (χ0) is 19.0. The Morgan fingerprint density at radius 2 is 2.00 bits per heavy atom. The van der Waals surface area contributed by atoms with E-state index in [-0.39, 0.29) is 23.4 Å². The molecule has 1 saturated heterocycles. The number of carbonyl (C=O) groups excluding carboxylic acids is 2. The molecule has 0 spiro atoms. The van der Waals surface area contributed by atoms with Crippen molar-refractivity contribution in [1.82, 2.24) is 4.90 Å². The number of rotatable bonds is 3. The lowest BCUT2D eigenvalue weighted by Crippen LogP contribution is -2.31. The fraction of sp³-hybridized carbons (Fsp3) is 0.333. The number of likely N-dealkylation sites (tertiary alicyclic amines) is 1. The highest BCUT2D eigenvalue weighted by molar-refractivity contribution is 5.98. The molecule has 2 aromatic carbocycles. The highest BCUT2D eigenvalue weighted by Gasteiger charge is 2.32. The van der Waals surface area contributed by atoms with E-state index in [4.69, 9.17) is 4.74 Å². The van der Waals surface area contributed by atoms with Gasteiger partial charge in [0.1, 0.15) is 11.6 Å². The average Bonchev–Trinajstić information content (AvgIpc) is 3.16. The third-order valence-corrected chi connectivity index (χ3v) is 5.33. The van der Waals surface area contributed by atoms with E-state index in [1.165, 1.54) is 6.07 Å². The molecule has 0 bridgehead atoms. The zero-order valence-corrected chi connectivity index (χ0v) is 15.1. The summed E-state index contributed by atoms with van der Waals surface area (Å²) in [5, 5.41) is 2.67. The maximum absolute atomic E-state index is 14.6. The second-order valence-corrected chi connectivity index (χ2v) is 6.97. The maximum atomic E-state index is 14.6. The van der Waals surface area contributed by atoms with Crippen molar-refractivity contribution in [3.05, 3.63) is 58.9 Å². The lowest BCUT2D eigenvalue weighted by Gasteiger charge is -2.26. The fourth-order valence-corrected chi connectivity index (χ4v) is 3.90. The minimum atomic E-state index is -0.596. The summed E-state index contributed by atoms with van der Waals surface area (Å²) in [6.07, 6.45) is 2.60. The number of hydrogen-bond acceptors (Lipinski definition) is 3. The molecular formula is C21H21FN2O3. The summed E-state index contributed by atoms with van der Waals surface area (Å²) < 4.78 is 19.8. The van der Waals surface area contributed by atoms with E-state index in [1.54, 1.807) is 18.1 Å². The Bertz CT molecular complexity index is 895. The van der Waals surface area contributed by atoms with Gasteiger partial charge in [0.2, 0.25) is 5.91 Å². The van der Waals surface area contributed by atoms with Gasteiger partial charge < -0.3 is 15.0 Å². The normalized spacial score (nSPS) is 18.8. The second kappa shape index (κ2) is 7.02. The van der Waals surface area contributed by atoms with Crippen LogP contribution in [0.15, 0.2) is 36.4 Å². The van der Waals surface area contributed by atoms with Gasteiger partial charge in [-0.25, -0.2) is 4.39 Å². The first kappa shape index (κ1) is 17.5. The van der Waals surface area contributed by atoms with E-state index < -0.39 is 5.82 Å². The number of anilines is 1. The quantitative estimate of drug-likeness (QED) is 0.899. The summed E-state index contributed by atoms with van der Waals surface area (Å²) in [7, 11) is 1.61. The number of hydrogen-bond donors (Lipinski definition) is 1. The maximum Gasteiger partial charge on any atom is 0.257 e. The lowest BCUT2D eigenvalue weighted by molar-refractivity contribution is -0.116. The number of amides is 2. The highest BCUT2D eigenvalue weighted by atomic mass is 19.1. The van der Waals surface area contributed by atoms with Crippen molar-refractivity contribution in [3.63, 3.8) is 0 Å². The number of nitrogens with zero attached hydrogens (tertiary/aromatic N) is 1. The summed E-state index contributed by atoms with van der Waals surface area (Å²) in [5.41, 5.74) is 2.37. The number of halogens is 1. The van der Waals surface area contributed by atoms with Gasteiger partial charge in [-0.2, -0.15) is 0 Å². The molecule has 0 radical (unpaired) electrons. The molecule has 5 nitrogen and oxygen atoms in total. The van der Waals surface area contributed by atoms with Crippen molar-refractivity contribution in [2.75, 3.05) is 19.0 Å².